The third kappa shape index (κ3) is 5.28. The van der Waals surface area contributed by atoms with Crippen LogP contribution in [0.25, 0.3) is 0 Å². The maximum absolute atomic E-state index is 12.3. The molecule has 0 aliphatic carbocycles. The van der Waals surface area contributed by atoms with Gasteiger partial charge in [-0.15, -0.1) is 0 Å². The molecule has 1 aliphatic heterocycles. The van der Waals surface area contributed by atoms with Crippen molar-refractivity contribution in [2.24, 2.45) is 5.92 Å². The molecule has 2 aromatic carbocycles. The molecular formula is C21H25IN2O. The van der Waals surface area contributed by atoms with Gasteiger partial charge in [-0.2, -0.15) is 0 Å². The van der Waals surface area contributed by atoms with Gasteiger partial charge >= 0.3 is 0 Å². The number of halogens is 1. The Morgan fingerprint density at radius 1 is 1.08 bits per heavy atom. The highest BCUT2D eigenvalue weighted by molar-refractivity contribution is 14.1. The molecule has 1 saturated heterocycles. The van der Waals surface area contributed by atoms with Crippen LogP contribution < -0.4 is 5.32 Å². The van der Waals surface area contributed by atoms with E-state index in [9.17, 15) is 4.79 Å². The molecule has 0 spiro atoms. The number of rotatable bonds is 5. The van der Waals surface area contributed by atoms with Gasteiger partial charge < -0.3 is 5.32 Å². The Labute approximate surface area is 164 Å². The second-order valence-electron chi connectivity index (χ2n) is 6.94. The summed E-state index contributed by atoms with van der Waals surface area (Å²) in [6.07, 6.45) is 2.62. The van der Waals surface area contributed by atoms with E-state index >= 15 is 0 Å². The van der Waals surface area contributed by atoms with Gasteiger partial charge in [-0.05, 0) is 77.7 Å². The number of likely N-dealkylation sites (tertiary alicyclic amines) is 1. The molecule has 0 unspecified atom stereocenters. The maximum Gasteiger partial charge on any atom is 0.252 e. The Balaban J connectivity index is 1.51. The average Bonchev–Trinajstić information content (AvgIpc) is 2.63. The Hall–Kier alpha value is -1.40. The number of carbonyl (C=O) groups is 1. The van der Waals surface area contributed by atoms with Crippen molar-refractivity contribution < 1.29 is 4.79 Å². The normalized spacial score (nSPS) is 15.9. The smallest absolute Gasteiger partial charge is 0.252 e. The second-order valence-corrected chi connectivity index (χ2v) is 8.10. The second kappa shape index (κ2) is 8.81. The van der Waals surface area contributed by atoms with E-state index in [1.165, 1.54) is 31.5 Å². The van der Waals surface area contributed by atoms with Crippen LogP contribution in [-0.2, 0) is 13.1 Å². The molecule has 0 radical (unpaired) electrons. The predicted molar refractivity (Wildman–Crippen MR) is 110 cm³/mol. The lowest BCUT2D eigenvalue weighted by atomic mass is 9.99. The summed E-state index contributed by atoms with van der Waals surface area (Å²) in [5, 5.41) is 3.01. The summed E-state index contributed by atoms with van der Waals surface area (Å²) in [5.74, 6) is 0.853. The lowest BCUT2D eigenvalue weighted by Crippen LogP contribution is -2.32. The molecule has 0 saturated carbocycles. The first-order valence-corrected chi connectivity index (χ1v) is 10.0. The standard InChI is InChI=1S/C21H25IN2O/c1-16-10-12-24(13-11-16)15-18-8-6-17(7-9-18)14-23-21(25)19-4-2-3-5-20(19)22/h2-9,16H,10-15H2,1H3,(H,23,25). The van der Waals surface area contributed by atoms with Crippen LogP contribution >= 0.6 is 22.6 Å². The van der Waals surface area contributed by atoms with Crippen LogP contribution in [0.15, 0.2) is 48.5 Å². The van der Waals surface area contributed by atoms with E-state index in [1.54, 1.807) is 0 Å². The van der Waals surface area contributed by atoms with Crippen molar-refractivity contribution in [3.8, 4) is 0 Å². The maximum atomic E-state index is 12.3. The van der Waals surface area contributed by atoms with Crippen molar-refractivity contribution in [3.05, 3.63) is 68.8 Å². The van der Waals surface area contributed by atoms with Crippen molar-refractivity contribution in [1.82, 2.24) is 10.2 Å². The van der Waals surface area contributed by atoms with Gasteiger partial charge in [0, 0.05) is 16.7 Å². The summed E-state index contributed by atoms with van der Waals surface area (Å²) in [7, 11) is 0. The quantitative estimate of drug-likeness (QED) is 0.686. The molecule has 1 aliphatic rings. The first-order valence-electron chi connectivity index (χ1n) is 8.95. The Kier molecular flexibility index (Phi) is 6.48. The molecule has 1 fully saturated rings. The first kappa shape index (κ1) is 18.4. The molecule has 0 aromatic heterocycles. The number of nitrogens with one attached hydrogen (secondary N) is 1. The topological polar surface area (TPSA) is 32.3 Å². The number of piperidine rings is 1. The van der Waals surface area contributed by atoms with Crippen LogP contribution in [-0.4, -0.2) is 23.9 Å². The average molecular weight is 448 g/mol. The Morgan fingerprint density at radius 3 is 2.40 bits per heavy atom. The van der Waals surface area contributed by atoms with Gasteiger partial charge in [0.25, 0.3) is 5.91 Å². The summed E-state index contributed by atoms with van der Waals surface area (Å²) in [4.78, 5) is 14.8. The molecule has 0 bridgehead atoms. The summed E-state index contributed by atoms with van der Waals surface area (Å²) in [6, 6.07) is 16.3. The van der Waals surface area contributed by atoms with Gasteiger partial charge in [0.1, 0.15) is 0 Å². The number of benzene rings is 2. The number of amides is 1. The molecule has 2 aromatic rings. The van der Waals surface area contributed by atoms with Crippen LogP contribution in [0, 0.1) is 9.49 Å². The largest absolute Gasteiger partial charge is 0.348 e. The molecule has 1 heterocycles. The number of nitrogens with zero attached hydrogens (tertiary/aromatic N) is 1. The van der Waals surface area contributed by atoms with Gasteiger partial charge in [-0.25, -0.2) is 0 Å². The lowest BCUT2D eigenvalue weighted by molar-refractivity contribution is 0.0950. The van der Waals surface area contributed by atoms with Crippen molar-refractivity contribution in [3.63, 3.8) is 0 Å². The molecule has 132 valence electrons. The van der Waals surface area contributed by atoms with Crippen molar-refractivity contribution >= 4 is 28.5 Å². The lowest BCUT2D eigenvalue weighted by Gasteiger charge is -2.30. The number of hydrogen-bond donors (Lipinski definition) is 1. The zero-order chi connectivity index (χ0) is 17.6. The molecule has 1 N–H and O–H groups in total. The zero-order valence-electron chi connectivity index (χ0n) is 14.7. The van der Waals surface area contributed by atoms with Gasteiger partial charge in [-0.1, -0.05) is 43.3 Å². The van der Waals surface area contributed by atoms with Crippen LogP contribution in [0.3, 0.4) is 0 Å². The minimum atomic E-state index is -0.0171. The number of carbonyl (C=O) groups excluding carboxylic acids is 1. The van der Waals surface area contributed by atoms with E-state index in [1.807, 2.05) is 24.3 Å². The fraction of sp³-hybridized carbons (Fsp3) is 0.381. The summed E-state index contributed by atoms with van der Waals surface area (Å²) in [5.41, 5.74) is 3.22. The fourth-order valence-corrected chi connectivity index (χ4v) is 3.80. The fourth-order valence-electron chi connectivity index (χ4n) is 3.16. The van der Waals surface area contributed by atoms with Crippen LogP contribution in [0.1, 0.15) is 41.3 Å². The highest BCUT2D eigenvalue weighted by atomic mass is 127. The molecule has 4 heteroatoms. The molecule has 25 heavy (non-hydrogen) atoms. The predicted octanol–water partition coefficient (Wildman–Crippen LogP) is 4.45. The van der Waals surface area contributed by atoms with Crippen LogP contribution in [0.2, 0.25) is 0 Å². The van der Waals surface area contributed by atoms with Gasteiger partial charge in [0.2, 0.25) is 0 Å². The van der Waals surface area contributed by atoms with Crippen molar-refractivity contribution in [1.29, 1.82) is 0 Å². The van der Waals surface area contributed by atoms with Gasteiger partial charge in [0.15, 0.2) is 0 Å². The van der Waals surface area contributed by atoms with Crippen LogP contribution in [0.4, 0.5) is 0 Å². The van der Waals surface area contributed by atoms with E-state index in [-0.39, 0.29) is 5.91 Å². The van der Waals surface area contributed by atoms with Crippen LogP contribution in [0.5, 0.6) is 0 Å². The molecule has 0 atom stereocenters. The molecule has 1 amide bonds. The highest BCUT2D eigenvalue weighted by Crippen LogP contribution is 2.18. The van der Waals surface area contributed by atoms with E-state index < -0.39 is 0 Å². The molecule has 3 rings (SSSR count). The summed E-state index contributed by atoms with van der Waals surface area (Å²) in [6.45, 7) is 6.34. The molecular weight excluding hydrogens is 423 g/mol. The van der Waals surface area contributed by atoms with Crippen molar-refractivity contribution in [2.75, 3.05) is 13.1 Å². The van der Waals surface area contributed by atoms with E-state index in [4.69, 9.17) is 0 Å². The zero-order valence-corrected chi connectivity index (χ0v) is 16.8. The highest BCUT2D eigenvalue weighted by Gasteiger charge is 2.15. The minimum absolute atomic E-state index is 0.0171. The van der Waals surface area contributed by atoms with E-state index in [0.29, 0.717) is 6.54 Å². The monoisotopic (exact) mass is 448 g/mol. The van der Waals surface area contributed by atoms with Crippen molar-refractivity contribution in [2.45, 2.75) is 32.9 Å². The third-order valence-electron chi connectivity index (χ3n) is 4.88. The Morgan fingerprint density at radius 2 is 1.72 bits per heavy atom. The summed E-state index contributed by atoms with van der Waals surface area (Å²) >= 11 is 2.20. The minimum Gasteiger partial charge on any atom is -0.348 e. The summed E-state index contributed by atoms with van der Waals surface area (Å²) < 4.78 is 0.976. The van der Waals surface area contributed by atoms with Gasteiger partial charge in [0.05, 0.1) is 5.56 Å². The first-order chi connectivity index (χ1) is 12.1. The molecule has 3 nitrogen and oxygen atoms in total. The third-order valence-corrected chi connectivity index (χ3v) is 5.82. The van der Waals surface area contributed by atoms with E-state index in [2.05, 4.69) is 64.0 Å². The van der Waals surface area contributed by atoms with Gasteiger partial charge in [-0.3, -0.25) is 9.69 Å². The van der Waals surface area contributed by atoms with E-state index in [0.717, 1.165) is 27.2 Å². The number of hydrogen-bond acceptors (Lipinski definition) is 2. The Bertz CT molecular complexity index is 706. The SMILES string of the molecule is CC1CCN(Cc2ccc(CNC(=O)c3ccccc3I)cc2)CC1.